The van der Waals surface area contributed by atoms with Crippen LogP contribution in [-0.4, -0.2) is 51.5 Å². The van der Waals surface area contributed by atoms with Crippen LogP contribution < -0.4 is 0 Å². The van der Waals surface area contributed by atoms with Crippen LogP contribution in [0, 0.1) is 11.3 Å². The molecule has 0 aliphatic carbocycles. The van der Waals surface area contributed by atoms with Gasteiger partial charge in [0, 0.05) is 19.0 Å². The molecule has 0 radical (unpaired) electrons. The third kappa shape index (κ3) is 5.98. The predicted molar refractivity (Wildman–Crippen MR) is 104 cm³/mol. The Morgan fingerprint density at radius 3 is 2.46 bits per heavy atom. The maximum absolute atomic E-state index is 12.7. The van der Waals surface area contributed by atoms with Crippen molar-refractivity contribution in [2.24, 2.45) is 11.3 Å². The van der Waals surface area contributed by atoms with E-state index in [1.807, 2.05) is 13.1 Å². The van der Waals surface area contributed by atoms with Gasteiger partial charge in [0.2, 0.25) is 0 Å². The number of carbonyl (C=O) groups excluding carboxylic acids is 2. The Morgan fingerprint density at radius 2 is 1.96 bits per heavy atom. The smallest absolute Gasteiger partial charge is 0.412 e. The molecular weight excluding hydrogens is 350 g/mol. The van der Waals surface area contributed by atoms with Crippen molar-refractivity contribution < 1.29 is 23.5 Å². The lowest BCUT2D eigenvalue weighted by atomic mass is 9.79. The summed E-state index contributed by atoms with van der Waals surface area (Å²) in [6.45, 7) is 16.8. The Balaban J connectivity index is 3.25. The molecule has 6 nitrogen and oxygen atoms in total. The van der Waals surface area contributed by atoms with Crippen LogP contribution >= 0.6 is 0 Å². The number of ether oxygens (including phenoxy) is 2. The molecule has 1 amide bonds. The van der Waals surface area contributed by atoms with Crippen molar-refractivity contribution in [2.45, 2.75) is 52.9 Å². The van der Waals surface area contributed by atoms with Crippen LogP contribution in [0.5, 0.6) is 0 Å². The Hall–Kier alpha value is -1.60. The fourth-order valence-corrected chi connectivity index (χ4v) is 4.14. The minimum atomic E-state index is -1.53. The van der Waals surface area contributed by atoms with Gasteiger partial charge in [0.15, 0.2) is 14.8 Å². The largest absolute Gasteiger partial charge is 0.463 e. The maximum atomic E-state index is 12.7. The zero-order chi connectivity index (χ0) is 20.0. The molecule has 2 atom stereocenters. The number of hydrogen-bond donors (Lipinski definition) is 0. The summed E-state index contributed by atoms with van der Waals surface area (Å²) >= 11 is 0. The number of rotatable bonds is 7. The number of esters is 1. The molecule has 1 aliphatic rings. The van der Waals surface area contributed by atoms with Gasteiger partial charge >= 0.3 is 12.1 Å². The molecule has 0 bridgehead atoms. The Kier molecular flexibility index (Phi) is 8.08. The van der Waals surface area contributed by atoms with E-state index in [1.165, 1.54) is 12.2 Å². The zero-order valence-electron chi connectivity index (χ0n) is 16.9. The maximum Gasteiger partial charge on any atom is 0.412 e. The topological polar surface area (TPSA) is 65.1 Å². The van der Waals surface area contributed by atoms with E-state index < -0.39 is 26.8 Å². The molecule has 1 aliphatic heterocycles. The number of likely N-dealkylation sites (tertiary alicyclic amines) is 1. The van der Waals surface area contributed by atoms with Gasteiger partial charge in [-0.05, 0) is 37.4 Å². The van der Waals surface area contributed by atoms with Crippen LogP contribution in [0.25, 0.3) is 0 Å². The van der Waals surface area contributed by atoms with Crippen molar-refractivity contribution in [3.8, 4) is 0 Å². The average molecular weight is 384 g/mol. The molecule has 0 aromatic rings. The molecule has 7 heteroatoms. The van der Waals surface area contributed by atoms with Crippen LogP contribution in [-0.2, 0) is 18.7 Å². The van der Waals surface area contributed by atoms with E-state index in [-0.39, 0.29) is 17.9 Å². The van der Waals surface area contributed by atoms with Gasteiger partial charge in [0.25, 0.3) is 0 Å². The fourth-order valence-electron chi connectivity index (χ4n) is 3.03. The van der Waals surface area contributed by atoms with Gasteiger partial charge in [-0.1, -0.05) is 33.4 Å². The molecule has 0 aromatic heterocycles. The fraction of sp³-hybridized carbons (Fsp3) is 0.684. The first-order valence-corrected chi connectivity index (χ1v) is 11.9. The van der Waals surface area contributed by atoms with Crippen LogP contribution in [0.4, 0.5) is 4.79 Å². The number of hydrogen-bond acceptors (Lipinski definition) is 5. The van der Waals surface area contributed by atoms with Crippen molar-refractivity contribution >= 4 is 21.1 Å². The summed E-state index contributed by atoms with van der Waals surface area (Å²) < 4.78 is 16.6. The van der Waals surface area contributed by atoms with Gasteiger partial charge in [-0.25, -0.2) is 9.59 Å². The summed E-state index contributed by atoms with van der Waals surface area (Å²) in [4.78, 5) is 26.1. The van der Waals surface area contributed by atoms with Crippen LogP contribution in [0.2, 0.25) is 13.1 Å². The lowest BCUT2D eigenvalue weighted by molar-refractivity contribution is -0.137. The zero-order valence-corrected chi connectivity index (χ0v) is 18.1. The predicted octanol–water partition coefficient (Wildman–Crippen LogP) is 3.49. The normalized spacial score (nSPS) is 23.5. The van der Waals surface area contributed by atoms with E-state index in [0.29, 0.717) is 19.6 Å². The van der Waals surface area contributed by atoms with E-state index in [9.17, 15) is 9.59 Å². The Morgan fingerprint density at radius 1 is 1.31 bits per heavy atom. The highest BCUT2D eigenvalue weighted by Gasteiger charge is 2.51. The molecule has 0 saturated carbocycles. The third-order valence-corrected chi connectivity index (χ3v) is 5.25. The van der Waals surface area contributed by atoms with Crippen molar-refractivity contribution in [1.29, 1.82) is 0 Å². The first kappa shape index (κ1) is 22.4. The van der Waals surface area contributed by atoms with Gasteiger partial charge < -0.3 is 13.9 Å². The second kappa shape index (κ2) is 9.37. The minimum Gasteiger partial charge on any atom is -0.463 e. The van der Waals surface area contributed by atoms with Crippen LogP contribution in [0.3, 0.4) is 0 Å². The first-order chi connectivity index (χ1) is 12.1. The molecule has 1 rings (SSSR count). The molecule has 26 heavy (non-hydrogen) atoms. The lowest BCUT2D eigenvalue weighted by Gasteiger charge is -2.37. The number of carbonyl (C=O) groups is 2. The second-order valence-electron chi connectivity index (χ2n) is 7.84. The third-order valence-electron chi connectivity index (χ3n) is 4.37. The van der Waals surface area contributed by atoms with Crippen molar-refractivity contribution in [3.05, 3.63) is 24.8 Å². The van der Waals surface area contributed by atoms with E-state index in [4.69, 9.17) is 13.9 Å². The van der Waals surface area contributed by atoms with Crippen LogP contribution in [0.1, 0.15) is 34.1 Å². The Labute approximate surface area is 158 Å². The molecule has 1 saturated heterocycles. The summed E-state index contributed by atoms with van der Waals surface area (Å²) in [5.74, 6) is -0.238. The van der Waals surface area contributed by atoms with E-state index in [0.717, 1.165) is 0 Å². The average Bonchev–Trinajstić information content (AvgIpc) is 2.90. The Bertz CT molecular complexity index is 541. The SMILES string of the molecule is C=CCOC(=O)N1C[C@@H](C(C)(C)C)C[C@@]1(C=CC(=O)OCC)O[SiH](C)C. The van der Waals surface area contributed by atoms with E-state index in [2.05, 4.69) is 27.4 Å². The van der Waals surface area contributed by atoms with Crippen molar-refractivity contribution in [3.63, 3.8) is 0 Å². The van der Waals surface area contributed by atoms with Gasteiger partial charge in [-0.3, -0.25) is 4.90 Å². The highest BCUT2D eigenvalue weighted by Crippen LogP contribution is 2.44. The van der Waals surface area contributed by atoms with Gasteiger partial charge in [-0.15, -0.1) is 0 Å². The summed E-state index contributed by atoms with van der Waals surface area (Å²) in [6.07, 6.45) is 4.71. The molecule has 0 aromatic carbocycles. The molecule has 0 spiro atoms. The number of nitrogens with zero attached hydrogens (tertiary/aromatic N) is 1. The standard InChI is InChI=1S/C19H33NO5Si/c1-8-12-24-17(22)20-14-15(18(3,4)5)13-19(20,25-26(6)7)11-10-16(21)23-9-2/h8,10-11,15,26H,1,9,12-14H2,2-7H3/t15-,19+/m0/s1. The van der Waals surface area contributed by atoms with Gasteiger partial charge in [-0.2, -0.15) is 0 Å². The second-order valence-corrected chi connectivity index (χ2v) is 10.2. The van der Waals surface area contributed by atoms with Crippen molar-refractivity contribution in [1.82, 2.24) is 4.90 Å². The highest BCUT2D eigenvalue weighted by molar-refractivity contribution is 6.48. The van der Waals surface area contributed by atoms with Crippen molar-refractivity contribution in [2.75, 3.05) is 19.8 Å². The summed E-state index contributed by atoms with van der Waals surface area (Å²) in [5.41, 5.74) is -0.998. The van der Waals surface area contributed by atoms with E-state index >= 15 is 0 Å². The summed E-state index contributed by atoms with van der Waals surface area (Å²) in [6, 6.07) is 0. The monoisotopic (exact) mass is 383 g/mol. The summed E-state index contributed by atoms with van der Waals surface area (Å²) in [5, 5.41) is 0. The minimum absolute atomic E-state index is 0.0155. The first-order valence-electron chi connectivity index (χ1n) is 9.14. The molecule has 1 fully saturated rings. The van der Waals surface area contributed by atoms with E-state index in [1.54, 1.807) is 17.9 Å². The van der Waals surface area contributed by atoms with Gasteiger partial charge in [0.1, 0.15) is 6.61 Å². The molecule has 148 valence electrons. The van der Waals surface area contributed by atoms with Gasteiger partial charge in [0.05, 0.1) is 6.61 Å². The van der Waals surface area contributed by atoms with Crippen LogP contribution in [0.15, 0.2) is 24.8 Å². The summed E-state index contributed by atoms with van der Waals surface area (Å²) in [7, 11) is -1.53. The number of amides is 1. The highest BCUT2D eigenvalue weighted by atomic mass is 28.3. The molecule has 0 unspecified atom stereocenters. The molecular formula is C19H33NO5Si. The molecule has 1 heterocycles. The quantitative estimate of drug-likeness (QED) is 0.291. The lowest BCUT2D eigenvalue weighted by Crippen LogP contribution is -2.50. The molecule has 0 N–H and O–H groups in total.